The van der Waals surface area contributed by atoms with Gasteiger partial charge in [-0.1, -0.05) is 92.7 Å². The second-order valence-electron chi connectivity index (χ2n) is 9.82. The van der Waals surface area contributed by atoms with Crippen LogP contribution in [0.2, 0.25) is 0 Å². The van der Waals surface area contributed by atoms with Crippen LogP contribution in [0.5, 0.6) is 0 Å². The molecular weight excluding hydrogens is 400 g/mol. The quantitative estimate of drug-likeness (QED) is 0.271. The Morgan fingerprint density at radius 2 is 1.33 bits per heavy atom. The number of hydrogen-bond donors (Lipinski definition) is 0. The molecule has 5 aromatic carbocycles. The summed E-state index contributed by atoms with van der Waals surface area (Å²) in [6, 6.07) is 35.3. The van der Waals surface area contributed by atoms with E-state index in [4.69, 9.17) is 4.42 Å². The fourth-order valence-corrected chi connectivity index (χ4v) is 5.80. The molecule has 0 atom stereocenters. The van der Waals surface area contributed by atoms with E-state index in [1.165, 1.54) is 54.9 Å². The topological polar surface area (TPSA) is 13.1 Å². The molecule has 158 valence electrons. The minimum absolute atomic E-state index is 0.0333. The molecule has 0 saturated heterocycles. The molecule has 1 heterocycles. The van der Waals surface area contributed by atoms with Crippen LogP contribution in [0.1, 0.15) is 36.1 Å². The highest BCUT2D eigenvalue weighted by Gasteiger charge is 2.35. The minimum atomic E-state index is 0.0333. The molecule has 7 rings (SSSR count). The predicted octanol–water partition coefficient (Wildman–Crippen LogP) is 8.64. The predicted molar refractivity (Wildman–Crippen MR) is 138 cm³/mol. The van der Waals surface area contributed by atoms with Crippen molar-refractivity contribution < 1.29 is 4.42 Å². The summed E-state index contributed by atoms with van der Waals surface area (Å²) in [6.45, 7) is 4.69. The fraction of sp³-hybridized carbons (Fsp3) is 0.125. The molecule has 0 bridgehead atoms. The molecule has 0 radical (unpaired) electrons. The second-order valence-corrected chi connectivity index (χ2v) is 9.82. The lowest BCUT2D eigenvalue weighted by atomic mass is 9.81. The summed E-state index contributed by atoms with van der Waals surface area (Å²) >= 11 is 0. The van der Waals surface area contributed by atoms with Crippen LogP contribution < -0.4 is 0 Å². The molecule has 0 amide bonds. The van der Waals surface area contributed by atoms with Gasteiger partial charge < -0.3 is 4.42 Å². The van der Waals surface area contributed by atoms with Crippen molar-refractivity contribution in [1.29, 1.82) is 0 Å². The maximum absolute atomic E-state index is 6.19. The standard InChI is InChI=1S/C32H24O/c1-32(2)27-10-6-5-9-24(27)25-14-11-21(19-28(25)32)17-20-12-15-29-26(18-20)31-23-8-4-3-7-22(23)13-16-30(31)33-29/h3-16,18-19H,17H2,1-2H3. The smallest absolute Gasteiger partial charge is 0.136 e. The third-order valence-corrected chi connectivity index (χ3v) is 7.48. The zero-order valence-corrected chi connectivity index (χ0v) is 18.9. The van der Waals surface area contributed by atoms with Gasteiger partial charge in [0, 0.05) is 16.2 Å². The molecule has 0 unspecified atom stereocenters. The monoisotopic (exact) mass is 424 g/mol. The lowest BCUT2D eigenvalue weighted by Crippen LogP contribution is -2.15. The number of hydrogen-bond acceptors (Lipinski definition) is 1. The number of benzene rings is 5. The van der Waals surface area contributed by atoms with E-state index in [-0.39, 0.29) is 5.41 Å². The number of furan rings is 1. The summed E-state index contributed by atoms with van der Waals surface area (Å²) in [5.41, 5.74) is 10.2. The van der Waals surface area contributed by atoms with Crippen LogP contribution in [0.3, 0.4) is 0 Å². The van der Waals surface area contributed by atoms with Crippen LogP contribution in [-0.2, 0) is 11.8 Å². The van der Waals surface area contributed by atoms with Gasteiger partial charge in [-0.25, -0.2) is 0 Å². The molecule has 1 aliphatic rings. The van der Waals surface area contributed by atoms with Gasteiger partial charge in [0.2, 0.25) is 0 Å². The van der Waals surface area contributed by atoms with E-state index in [2.05, 4.69) is 111 Å². The summed E-state index contributed by atoms with van der Waals surface area (Å²) in [5.74, 6) is 0. The molecule has 0 fully saturated rings. The zero-order valence-electron chi connectivity index (χ0n) is 18.9. The van der Waals surface area contributed by atoms with Crippen molar-refractivity contribution in [2.75, 3.05) is 0 Å². The highest BCUT2D eigenvalue weighted by atomic mass is 16.3. The van der Waals surface area contributed by atoms with Gasteiger partial charge in [-0.3, -0.25) is 0 Å². The first-order valence-corrected chi connectivity index (χ1v) is 11.7. The van der Waals surface area contributed by atoms with Crippen LogP contribution in [0, 0.1) is 0 Å². The maximum Gasteiger partial charge on any atom is 0.136 e. The van der Waals surface area contributed by atoms with Crippen LogP contribution >= 0.6 is 0 Å². The Labute approximate surface area is 193 Å². The first-order valence-electron chi connectivity index (χ1n) is 11.7. The minimum Gasteiger partial charge on any atom is -0.456 e. The van der Waals surface area contributed by atoms with E-state index in [9.17, 15) is 0 Å². The largest absolute Gasteiger partial charge is 0.456 e. The first-order chi connectivity index (χ1) is 16.1. The first kappa shape index (κ1) is 18.7. The SMILES string of the molecule is CC1(C)c2ccccc2-c2ccc(Cc3ccc4oc5ccc6ccccc6c5c4c3)cc21. The Kier molecular flexibility index (Phi) is 3.73. The molecule has 6 aromatic rings. The van der Waals surface area contributed by atoms with Crippen molar-refractivity contribution in [3.63, 3.8) is 0 Å². The molecular formula is C32H24O. The van der Waals surface area contributed by atoms with E-state index < -0.39 is 0 Å². The van der Waals surface area contributed by atoms with Crippen molar-refractivity contribution in [3.8, 4) is 11.1 Å². The van der Waals surface area contributed by atoms with Gasteiger partial charge in [-0.05, 0) is 68.8 Å². The Morgan fingerprint density at radius 1 is 0.606 bits per heavy atom. The number of rotatable bonds is 2. The molecule has 33 heavy (non-hydrogen) atoms. The Balaban J connectivity index is 1.34. The molecule has 0 saturated carbocycles. The maximum atomic E-state index is 6.19. The van der Waals surface area contributed by atoms with Gasteiger partial charge in [-0.15, -0.1) is 0 Å². The zero-order chi connectivity index (χ0) is 22.2. The molecule has 0 aliphatic heterocycles. The van der Waals surface area contributed by atoms with E-state index in [0.717, 1.165) is 17.6 Å². The normalized spacial score (nSPS) is 14.1. The van der Waals surface area contributed by atoms with E-state index in [0.29, 0.717) is 0 Å². The third kappa shape index (κ3) is 2.66. The summed E-state index contributed by atoms with van der Waals surface area (Å²) in [5, 5.41) is 4.92. The summed E-state index contributed by atoms with van der Waals surface area (Å²) in [4.78, 5) is 0. The van der Waals surface area contributed by atoms with Gasteiger partial charge in [-0.2, -0.15) is 0 Å². The van der Waals surface area contributed by atoms with Crippen LogP contribution in [0.25, 0.3) is 43.8 Å². The van der Waals surface area contributed by atoms with Gasteiger partial charge in [0.25, 0.3) is 0 Å². The highest BCUT2D eigenvalue weighted by Crippen LogP contribution is 2.48. The lowest BCUT2D eigenvalue weighted by Gasteiger charge is -2.22. The molecule has 1 nitrogen and oxygen atoms in total. The van der Waals surface area contributed by atoms with Gasteiger partial charge in [0.15, 0.2) is 0 Å². The average Bonchev–Trinajstić information content (AvgIpc) is 3.32. The average molecular weight is 425 g/mol. The highest BCUT2D eigenvalue weighted by molar-refractivity contribution is 6.18. The summed E-state index contributed by atoms with van der Waals surface area (Å²) in [6.07, 6.45) is 0.910. The molecule has 0 spiro atoms. The molecule has 1 aliphatic carbocycles. The van der Waals surface area contributed by atoms with Crippen LogP contribution in [0.15, 0.2) is 101 Å². The van der Waals surface area contributed by atoms with Gasteiger partial charge in [0.05, 0.1) is 0 Å². The Hall–Kier alpha value is -3.84. The van der Waals surface area contributed by atoms with Crippen molar-refractivity contribution in [2.45, 2.75) is 25.7 Å². The van der Waals surface area contributed by atoms with Gasteiger partial charge in [0.1, 0.15) is 11.2 Å². The molecule has 1 aromatic heterocycles. The van der Waals surface area contributed by atoms with Crippen molar-refractivity contribution in [3.05, 3.63) is 119 Å². The molecule has 0 N–H and O–H groups in total. The molecule has 1 heteroatoms. The van der Waals surface area contributed by atoms with E-state index in [1.807, 2.05) is 0 Å². The van der Waals surface area contributed by atoms with Crippen LogP contribution in [-0.4, -0.2) is 0 Å². The second kappa shape index (κ2) is 6.59. The van der Waals surface area contributed by atoms with E-state index >= 15 is 0 Å². The summed E-state index contributed by atoms with van der Waals surface area (Å²) in [7, 11) is 0. The van der Waals surface area contributed by atoms with Crippen molar-refractivity contribution in [1.82, 2.24) is 0 Å². The lowest BCUT2D eigenvalue weighted by molar-refractivity contribution is 0.659. The Morgan fingerprint density at radius 3 is 2.27 bits per heavy atom. The third-order valence-electron chi connectivity index (χ3n) is 7.48. The number of fused-ring (bicyclic) bond motifs is 8. The fourth-order valence-electron chi connectivity index (χ4n) is 5.80. The van der Waals surface area contributed by atoms with E-state index in [1.54, 1.807) is 0 Å². The van der Waals surface area contributed by atoms with Crippen LogP contribution in [0.4, 0.5) is 0 Å². The Bertz CT molecular complexity index is 1710. The summed E-state index contributed by atoms with van der Waals surface area (Å²) < 4.78 is 6.19. The van der Waals surface area contributed by atoms with Crippen molar-refractivity contribution >= 4 is 32.7 Å². The van der Waals surface area contributed by atoms with Crippen molar-refractivity contribution in [2.24, 2.45) is 0 Å². The van der Waals surface area contributed by atoms with Gasteiger partial charge >= 0.3 is 0 Å².